The fraction of sp³-hybridized carbons (Fsp3) is 0.944. The molecule has 0 unspecified atom stereocenters. The summed E-state index contributed by atoms with van der Waals surface area (Å²) in [5.74, 6) is -1.81. The number of rotatable bonds is 32. The molecule has 0 heterocycles. The quantitative estimate of drug-likeness (QED) is 0.0509. The van der Waals surface area contributed by atoms with E-state index in [0.717, 1.165) is 25.7 Å². The van der Waals surface area contributed by atoms with E-state index in [1.54, 1.807) is 0 Å². The van der Waals surface area contributed by atoms with E-state index in [1.165, 1.54) is 167 Å². The smallest absolute Gasteiger partial charge is 0.550 e. The van der Waals surface area contributed by atoms with Crippen LogP contribution in [0.4, 0.5) is 0 Å². The molecule has 0 radical (unpaired) electrons. The molecule has 0 N–H and O–H groups in total. The van der Waals surface area contributed by atoms with Gasteiger partial charge >= 0.3 is 91.0 Å². The number of carboxylic acid groups (broad SMARTS) is 2. The number of carboxylic acids is 2. The zero-order chi connectivity index (χ0) is 29.8. The van der Waals surface area contributed by atoms with Gasteiger partial charge in [0, 0.05) is 11.9 Å². The van der Waals surface area contributed by atoms with Gasteiger partial charge in [0.1, 0.15) is 0 Å². The molecule has 0 aliphatic heterocycles. The van der Waals surface area contributed by atoms with E-state index in [1.807, 2.05) is 0 Å². The van der Waals surface area contributed by atoms with Gasteiger partial charge < -0.3 is 19.8 Å². The van der Waals surface area contributed by atoms with Crippen LogP contribution >= 0.6 is 0 Å². The van der Waals surface area contributed by atoms with Crippen molar-refractivity contribution in [2.45, 2.75) is 219 Å². The second-order valence-corrected chi connectivity index (χ2v) is 12.1. The van der Waals surface area contributed by atoms with Crippen LogP contribution in [0.3, 0.4) is 0 Å². The number of carbonyl (C=O) groups excluding carboxylic acids is 2. The van der Waals surface area contributed by atoms with E-state index in [2.05, 4.69) is 13.8 Å². The Morgan fingerprint density at radius 1 is 0.310 bits per heavy atom. The SMILES string of the molecule is CCCCCCCCCCCCCCCCCC(=O)[O-].CCCCCCCCCCCCCCCCCC(=O)[O-].[Sr+2].[Sr+2]. The first kappa shape index (κ1) is 50.8. The number of hydrogen-bond acceptors (Lipinski definition) is 4. The molecule has 0 aromatic rings. The van der Waals surface area contributed by atoms with E-state index in [4.69, 9.17) is 0 Å². The van der Waals surface area contributed by atoms with Crippen LogP contribution in [0.15, 0.2) is 0 Å². The molecule has 0 aromatic carbocycles. The maximum atomic E-state index is 10.2. The Morgan fingerprint density at radius 2 is 0.452 bits per heavy atom. The summed E-state index contributed by atoms with van der Waals surface area (Å²) in [5, 5.41) is 20.4. The van der Waals surface area contributed by atoms with Crippen LogP contribution in [0.25, 0.3) is 0 Å². The minimum absolute atomic E-state index is 0. The Kier molecular flexibility index (Phi) is 57.2. The van der Waals surface area contributed by atoms with Gasteiger partial charge in [0.2, 0.25) is 0 Å². The number of carbonyl (C=O) groups is 2. The zero-order valence-corrected chi connectivity index (χ0v) is 35.6. The molecule has 0 saturated heterocycles. The van der Waals surface area contributed by atoms with Crippen molar-refractivity contribution in [2.75, 3.05) is 0 Å². The molecule has 6 heteroatoms. The Labute approximate surface area is 337 Å². The van der Waals surface area contributed by atoms with Gasteiger partial charge in [0.05, 0.1) is 0 Å². The molecule has 4 nitrogen and oxygen atoms in total. The van der Waals surface area contributed by atoms with Crippen LogP contribution in [0.1, 0.15) is 219 Å². The minimum atomic E-state index is -0.903. The first-order valence-electron chi connectivity index (χ1n) is 17.9. The summed E-state index contributed by atoms with van der Waals surface area (Å²) < 4.78 is 0. The van der Waals surface area contributed by atoms with Crippen LogP contribution < -0.4 is 10.2 Å². The maximum absolute atomic E-state index is 10.2. The Hall–Kier alpha value is 1.90. The fourth-order valence-corrected chi connectivity index (χ4v) is 5.28. The van der Waals surface area contributed by atoms with Crippen molar-refractivity contribution in [3.63, 3.8) is 0 Å². The van der Waals surface area contributed by atoms with Crippen molar-refractivity contribution >= 4 is 103 Å². The molecule has 0 fully saturated rings. The second-order valence-electron chi connectivity index (χ2n) is 12.1. The van der Waals surface area contributed by atoms with Crippen molar-refractivity contribution in [1.82, 2.24) is 0 Å². The Balaban J connectivity index is -0.000000328. The number of aliphatic carboxylic acids is 2. The van der Waals surface area contributed by atoms with Crippen molar-refractivity contribution in [3.8, 4) is 0 Å². The van der Waals surface area contributed by atoms with Gasteiger partial charge in [-0.1, -0.05) is 194 Å². The fourth-order valence-electron chi connectivity index (χ4n) is 5.28. The molecule has 0 aromatic heterocycles. The monoisotopic (exact) mass is 742 g/mol. The number of hydrogen-bond donors (Lipinski definition) is 0. The molecule has 0 atom stereocenters. The molecular formula is C36H70O4Sr2+2. The van der Waals surface area contributed by atoms with Gasteiger partial charge in [0.25, 0.3) is 0 Å². The normalized spacial score (nSPS) is 10.3. The summed E-state index contributed by atoms with van der Waals surface area (Å²) in [6.07, 6.45) is 39.7. The molecule has 0 amide bonds. The first-order chi connectivity index (χ1) is 19.5. The molecule has 240 valence electrons. The van der Waals surface area contributed by atoms with E-state index < -0.39 is 11.9 Å². The van der Waals surface area contributed by atoms with Crippen LogP contribution in [-0.4, -0.2) is 103 Å². The van der Waals surface area contributed by atoms with E-state index in [9.17, 15) is 19.8 Å². The van der Waals surface area contributed by atoms with Crippen molar-refractivity contribution in [3.05, 3.63) is 0 Å². The summed E-state index contributed by atoms with van der Waals surface area (Å²) in [5.41, 5.74) is 0. The summed E-state index contributed by atoms with van der Waals surface area (Å²) in [4.78, 5) is 20.4. The molecule has 0 saturated carbocycles. The topological polar surface area (TPSA) is 80.3 Å². The van der Waals surface area contributed by atoms with Gasteiger partial charge in [-0.05, 0) is 25.7 Å². The molecular weight excluding hydrogens is 672 g/mol. The molecule has 0 rings (SSSR count). The minimum Gasteiger partial charge on any atom is -0.550 e. The van der Waals surface area contributed by atoms with Crippen LogP contribution in [0.5, 0.6) is 0 Å². The summed E-state index contributed by atoms with van der Waals surface area (Å²) >= 11 is 0. The molecule has 42 heavy (non-hydrogen) atoms. The van der Waals surface area contributed by atoms with Gasteiger partial charge in [-0.25, -0.2) is 0 Å². The number of unbranched alkanes of at least 4 members (excludes halogenated alkanes) is 28. The molecule has 0 bridgehead atoms. The summed E-state index contributed by atoms with van der Waals surface area (Å²) in [6, 6.07) is 0. The van der Waals surface area contributed by atoms with Gasteiger partial charge in [-0.3, -0.25) is 0 Å². The largest absolute Gasteiger partial charge is 2.00 e. The van der Waals surface area contributed by atoms with Crippen LogP contribution in [0, 0.1) is 0 Å². The van der Waals surface area contributed by atoms with E-state index in [0.29, 0.717) is 0 Å². The predicted octanol–water partition coefficient (Wildman–Crippen LogP) is 9.23. The van der Waals surface area contributed by atoms with E-state index >= 15 is 0 Å². The average Bonchev–Trinajstić information content (AvgIpc) is 2.93. The molecule has 0 aliphatic rings. The van der Waals surface area contributed by atoms with Gasteiger partial charge in [-0.15, -0.1) is 0 Å². The average molecular weight is 742 g/mol. The Bertz CT molecular complexity index is 459. The van der Waals surface area contributed by atoms with Crippen LogP contribution in [-0.2, 0) is 9.59 Å². The third-order valence-electron chi connectivity index (χ3n) is 7.97. The molecule has 0 spiro atoms. The summed E-state index contributed by atoms with van der Waals surface area (Å²) in [6.45, 7) is 4.53. The standard InChI is InChI=1S/2C18H36O2.2Sr/c2*1-2-3-4-5-6-7-8-9-10-11-12-13-14-15-16-17-18(19)20;;/h2*2-17H2,1H3,(H,19,20);;/q;;2*+2/p-2. The van der Waals surface area contributed by atoms with Crippen LogP contribution in [0.2, 0.25) is 0 Å². The third kappa shape index (κ3) is 54.4. The Morgan fingerprint density at radius 3 is 0.595 bits per heavy atom. The van der Waals surface area contributed by atoms with Crippen molar-refractivity contribution < 1.29 is 19.8 Å². The van der Waals surface area contributed by atoms with Crippen molar-refractivity contribution in [1.29, 1.82) is 0 Å². The predicted molar refractivity (Wildman–Crippen MR) is 181 cm³/mol. The zero-order valence-electron chi connectivity index (χ0n) is 28.7. The van der Waals surface area contributed by atoms with Gasteiger partial charge in [-0.2, -0.15) is 0 Å². The summed E-state index contributed by atoms with van der Waals surface area (Å²) in [7, 11) is 0. The second kappa shape index (κ2) is 47.3. The van der Waals surface area contributed by atoms with Crippen molar-refractivity contribution in [2.24, 2.45) is 0 Å². The third-order valence-corrected chi connectivity index (χ3v) is 7.97. The van der Waals surface area contributed by atoms with Gasteiger partial charge in [0.15, 0.2) is 0 Å². The maximum Gasteiger partial charge on any atom is 2.00 e. The first-order valence-corrected chi connectivity index (χ1v) is 17.9. The molecule has 0 aliphatic carbocycles. The van der Waals surface area contributed by atoms with E-state index in [-0.39, 0.29) is 104 Å².